The summed E-state index contributed by atoms with van der Waals surface area (Å²) in [4.78, 5) is 14.7. The van der Waals surface area contributed by atoms with Crippen molar-refractivity contribution in [2.45, 2.75) is 49.1 Å². The third-order valence-corrected chi connectivity index (χ3v) is 6.48. The maximum atomic E-state index is 12.5. The number of hydrogen-bond donors (Lipinski definition) is 1. The summed E-state index contributed by atoms with van der Waals surface area (Å²) in [5, 5.41) is 13.3. The average Bonchev–Trinajstić information content (AvgIpc) is 2.87. The van der Waals surface area contributed by atoms with Crippen LogP contribution in [0.15, 0.2) is 29.4 Å². The maximum Gasteiger partial charge on any atom is 0.237 e. The third-order valence-electron chi connectivity index (χ3n) is 5.15. The minimum atomic E-state index is -0.00851. The molecule has 1 amide bonds. The van der Waals surface area contributed by atoms with Gasteiger partial charge < -0.3 is 9.88 Å². The number of halogens is 1. The summed E-state index contributed by atoms with van der Waals surface area (Å²) in [6, 6.07) is 7.83. The number of hydrogen-bond acceptors (Lipinski definition) is 5. The zero-order valence-electron chi connectivity index (χ0n) is 16.5. The lowest BCUT2D eigenvalue weighted by atomic mass is 10.1. The van der Waals surface area contributed by atoms with Gasteiger partial charge in [-0.2, -0.15) is 0 Å². The minimum Gasteiger partial charge on any atom is -0.354 e. The SMILES string of the molecule is CN1CCCCCC1C(=O)NCCc1nnc(SCc2cccc(Cl)c2)n1C. The second kappa shape index (κ2) is 10.3. The number of likely N-dealkylation sites (N-methyl/N-ethyl adjacent to an activating group) is 1. The number of likely N-dealkylation sites (tertiary alicyclic amines) is 1. The highest BCUT2D eigenvalue weighted by Gasteiger charge is 2.24. The monoisotopic (exact) mass is 421 g/mol. The van der Waals surface area contributed by atoms with Gasteiger partial charge in [0.25, 0.3) is 0 Å². The highest BCUT2D eigenvalue weighted by molar-refractivity contribution is 7.98. The van der Waals surface area contributed by atoms with E-state index in [-0.39, 0.29) is 11.9 Å². The van der Waals surface area contributed by atoms with Crippen LogP contribution in [0.25, 0.3) is 0 Å². The quantitative estimate of drug-likeness (QED) is 0.695. The van der Waals surface area contributed by atoms with E-state index in [0.717, 1.165) is 46.7 Å². The van der Waals surface area contributed by atoms with Crippen LogP contribution in [-0.4, -0.2) is 51.8 Å². The van der Waals surface area contributed by atoms with Crippen LogP contribution < -0.4 is 5.32 Å². The molecular weight excluding hydrogens is 394 g/mol. The van der Waals surface area contributed by atoms with Gasteiger partial charge in [-0.3, -0.25) is 9.69 Å². The topological polar surface area (TPSA) is 63.1 Å². The minimum absolute atomic E-state index is 0.00851. The van der Waals surface area contributed by atoms with E-state index < -0.39 is 0 Å². The molecule has 6 nitrogen and oxygen atoms in total. The number of benzene rings is 1. The number of thioether (sulfide) groups is 1. The predicted octanol–water partition coefficient (Wildman–Crippen LogP) is 3.29. The Morgan fingerprint density at radius 1 is 1.29 bits per heavy atom. The van der Waals surface area contributed by atoms with Crippen molar-refractivity contribution < 1.29 is 4.79 Å². The van der Waals surface area contributed by atoms with Gasteiger partial charge in [-0.15, -0.1) is 10.2 Å². The third kappa shape index (κ3) is 5.72. The van der Waals surface area contributed by atoms with E-state index in [9.17, 15) is 4.79 Å². The van der Waals surface area contributed by atoms with Crippen LogP contribution in [0, 0.1) is 0 Å². The molecule has 152 valence electrons. The lowest BCUT2D eigenvalue weighted by molar-refractivity contribution is -0.126. The normalized spacial score (nSPS) is 18.0. The summed E-state index contributed by atoms with van der Waals surface area (Å²) in [6.07, 6.45) is 5.12. The smallest absolute Gasteiger partial charge is 0.237 e. The molecule has 1 aliphatic rings. The van der Waals surface area contributed by atoms with Gasteiger partial charge in [-0.25, -0.2) is 0 Å². The summed E-state index contributed by atoms with van der Waals surface area (Å²) < 4.78 is 2.00. The van der Waals surface area contributed by atoms with Gasteiger partial charge in [0, 0.05) is 30.8 Å². The fraction of sp³-hybridized carbons (Fsp3) is 0.550. The Hall–Kier alpha value is -1.57. The Kier molecular flexibility index (Phi) is 7.76. The van der Waals surface area contributed by atoms with Crippen molar-refractivity contribution in [2.24, 2.45) is 7.05 Å². The fourth-order valence-electron chi connectivity index (χ4n) is 3.46. The van der Waals surface area contributed by atoms with E-state index in [1.165, 1.54) is 12.8 Å². The van der Waals surface area contributed by atoms with Crippen LogP contribution in [-0.2, 0) is 24.0 Å². The molecule has 1 atom stereocenters. The second-order valence-corrected chi connectivity index (χ2v) is 8.64. The first kappa shape index (κ1) is 21.1. The number of nitrogens with zero attached hydrogens (tertiary/aromatic N) is 4. The van der Waals surface area contributed by atoms with Gasteiger partial charge in [0.05, 0.1) is 6.04 Å². The molecule has 2 aromatic rings. The number of amides is 1. The standard InChI is InChI=1S/C20H28ClN5OS/c1-25-12-5-3-4-9-17(25)19(27)22-11-10-18-23-24-20(26(18)2)28-14-15-7-6-8-16(21)13-15/h6-8,13,17H,3-5,9-12,14H2,1-2H3,(H,22,27). The van der Waals surface area contributed by atoms with Crippen molar-refractivity contribution in [1.82, 2.24) is 25.0 Å². The zero-order valence-corrected chi connectivity index (χ0v) is 18.1. The second-order valence-electron chi connectivity index (χ2n) is 7.26. The van der Waals surface area contributed by atoms with Crippen molar-refractivity contribution >= 4 is 29.3 Å². The molecule has 1 aliphatic heterocycles. The van der Waals surface area contributed by atoms with E-state index in [0.29, 0.717) is 13.0 Å². The number of carbonyl (C=O) groups is 1. The first-order valence-corrected chi connectivity index (χ1v) is 11.1. The largest absolute Gasteiger partial charge is 0.354 e. The molecule has 0 radical (unpaired) electrons. The summed E-state index contributed by atoms with van der Waals surface area (Å²) in [5.41, 5.74) is 1.15. The molecule has 0 saturated carbocycles. The van der Waals surface area contributed by atoms with Crippen LogP contribution in [0.1, 0.15) is 37.1 Å². The van der Waals surface area contributed by atoms with Gasteiger partial charge in [0.15, 0.2) is 5.16 Å². The Labute approximate surface area is 176 Å². The molecule has 1 N–H and O–H groups in total. The number of carbonyl (C=O) groups excluding carboxylic acids is 1. The molecule has 2 heterocycles. The van der Waals surface area contributed by atoms with Gasteiger partial charge in [-0.1, -0.05) is 48.3 Å². The maximum absolute atomic E-state index is 12.5. The highest BCUT2D eigenvalue weighted by atomic mass is 35.5. The van der Waals surface area contributed by atoms with Crippen LogP contribution >= 0.6 is 23.4 Å². The lowest BCUT2D eigenvalue weighted by Crippen LogP contribution is -2.45. The van der Waals surface area contributed by atoms with Gasteiger partial charge in [0.1, 0.15) is 5.82 Å². The number of nitrogens with one attached hydrogen (secondary N) is 1. The molecule has 1 aromatic heterocycles. The molecule has 0 aliphatic carbocycles. The molecule has 1 aromatic carbocycles. The first-order chi connectivity index (χ1) is 13.5. The highest BCUT2D eigenvalue weighted by Crippen LogP contribution is 2.22. The van der Waals surface area contributed by atoms with Crippen LogP contribution in [0.3, 0.4) is 0 Å². The molecule has 8 heteroatoms. The number of rotatable bonds is 7. The molecule has 0 bridgehead atoms. The van der Waals surface area contributed by atoms with E-state index in [1.807, 2.05) is 36.9 Å². The van der Waals surface area contributed by atoms with Crippen molar-refractivity contribution in [3.63, 3.8) is 0 Å². The predicted molar refractivity (Wildman–Crippen MR) is 114 cm³/mol. The van der Waals surface area contributed by atoms with Crippen LogP contribution in [0.4, 0.5) is 0 Å². The lowest BCUT2D eigenvalue weighted by Gasteiger charge is -2.24. The Bertz CT molecular complexity index is 797. The van der Waals surface area contributed by atoms with Gasteiger partial charge in [-0.05, 0) is 44.1 Å². The first-order valence-electron chi connectivity index (χ1n) is 9.78. The molecular formula is C20H28ClN5OS. The molecule has 1 unspecified atom stereocenters. The molecule has 0 spiro atoms. The van der Waals surface area contributed by atoms with Crippen molar-refractivity contribution in [3.8, 4) is 0 Å². The Morgan fingerprint density at radius 2 is 2.14 bits per heavy atom. The molecule has 3 rings (SSSR count). The summed E-state index contributed by atoms with van der Waals surface area (Å²) in [7, 11) is 4.01. The van der Waals surface area contributed by atoms with Crippen molar-refractivity contribution in [2.75, 3.05) is 20.1 Å². The van der Waals surface area contributed by atoms with Crippen LogP contribution in [0.2, 0.25) is 5.02 Å². The van der Waals surface area contributed by atoms with Crippen molar-refractivity contribution in [3.05, 3.63) is 40.7 Å². The van der Waals surface area contributed by atoms with E-state index in [1.54, 1.807) is 11.8 Å². The number of aromatic nitrogens is 3. The summed E-state index contributed by atoms with van der Waals surface area (Å²) >= 11 is 7.67. The zero-order chi connectivity index (χ0) is 19.9. The fourth-order valence-corrected chi connectivity index (χ4v) is 4.55. The van der Waals surface area contributed by atoms with E-state index in [4.69, 9.17) is 11.6 Å². The van der Waals surface area contributed by atoms with E-state index in [2.05, 4.69) is 26.5 Å². The van der Waals surface area contributed by atoms with Crippen LogP contribution in [0.5, 0.6) is 0 Å². The summed E-state index contributed by atoms with van der Waals surface area (Å²) in [6.45, 7) is 1.57. The Morgan fingerprint density at radius 3 is 2.96 bits per heavy atom. The molecule has 1 saturated heterocycles. The van der Waals surface area contributed by atoms with E-state index >= 15 is 0 Å². The molecule has 28 heavy (non-hydrogen) atoms. The van der Waals surface area contributed by atoms with Gasteiger partial charge >= 0.3 is 0 Å². The molecule has 1 fully saturated rings. The average molecular weight is 422 g/mol. The van der Waals surface area contributed by atoms with Gasteiger partial charge in [0.2, 0.25) is 5.91 Å². The summed E-state index contributed by atoms with van der Waals surface area (Å²) in [5.74, 6) is 1.79. The Balaban J connectivity index is 1.48. The van der Waals surface area contributed by atoms with Crippen molar-refractivity contribution in [1.29, 1.82) is 0 Å².